The number of nitrogens with one attached hydrogen (secondary N) is 1. The van der Waals surface area contributed by atoms with Crippen LogP contribution in [0, 0.1) is 13.8 Å². The minimum atomic E-state index is 0. The molecule has 0 aliphatic carbocycles. The monoisotopic (exact) mass is 379 g/mol. The molecule has 0 saturated heterocycles. The Labute approximate surface area is 131 Å². The Morgan fingerprint density at radius 2 is 2.16 bits per heavy atom. The van der Waals surface area contributed by atoms with E-state index in [-0.39, 0.29) is 30.0 Å². The predicted molar refractivity (Wildman–Crippen MR) is 86.7 cm³/mol. The van der Waals surface area contributed by atoms with Crippen LogP contribution in [0.5, 0.6) is 0 Å². The minimum absolute atomic E-state index is 0. The van der Waals surface area contributed by atoms with Crippen LogP contribution in [0.25, 0.3) is 0 Å². The molecule has 19 heavy (non-hydrogen) atoms. The summed E-state index contributed by atoms with van der Waals surface area (Å²) >= 11 is 0. The molecule has 1 atom stereocenters. The number of rotatable bonds is 5. The van der Waals surface area contributed by atoms with Gasteiger partial charge in [-0.05, 0) is 26.8 Å². The van der Waals surface area contributed by atoms with E-state index in [0.717, 1.165) is 17.2 Å². The van der Waals surface area contributed by atoms with Crippen molar-refractivity contribution in [3.63, 3.8) is 0 Å². The molecule has 1 aromatic rings. The zero-order valence-electron chi connectivity index (χ0n) is 11.8. The van der Waals surface area contributed by atoms with Crippen molar-refractivity contribution < 1.29 is 4.74 Å². The molecule has 3 N–H and O–H groups in total. The molecule has 1 aromatic heterocycles. The fourth-order valence-corrected chi connectivity index (χ4v) is 1.63. The van der Waals surface area contributed by atoms with E-state index in [1.54, 1.807) is 7.11 Å². The highest BCUT2D eigenvalue weighted by Crippen LogP contribution is 2.01. The van der Waals surface area contributed by atoms with Crippen LogP contribution >= 0.6 is 24.0 Å². The van der Waals surface area contributed by atoms with Gasteiger partial charge in [-0.1, -0.05) is 0 Å². The highest BCUT2D eigenvalue weighted by atomic mass is 127. The van der Waals surface area contributed by atoms with Gasteiger partial charge in [0.2, 0.25) is 0 Å². The second kappa shape index (κ2) is 9.03. The first kappa shape index (κ1) is 18.0. The zero-order chi connectivity index (χ0) is 13.5. The van der Waals surface area contributed by atoms with E-state index >= 15 is 0 Å². The van der Waals surface area contributed by atoms with Gasteiger partial charge < -0.3 is 15.8 Å². The third kappa shape index (κ3) is 7.26. The van der Waals surface area contributed by atoms with Crippen LogP contribution in [0.1, 0.15) is 24.1 Å². The van der Waals surface area contributed by atoms with Crippen LogP contribution in [-0.4, -0.2) is 35.7 Å². The number of hydrogen-bond donors (Lipinski definition) is 2. The topological polar surface area (TPSA) is 85.4 Å². The number of aliphatic imine (C=N–C) groups is 1. The van der Waals surface area contributed by atoms with Gasteiger partial charge in [0.25, 0.3) is 0 Å². The summed E-state index contributed by atoms with van der Waals surface area (Å²) in [6, 6.07) is 2.04. The van der Waals surface area contributed by atoms with E-state index in [2.05, 4.69) is 20.3 Å². The third-order valence-electron chi connectivity index (χ3n) is 2.24. The van der Waals surface area contributed by atoms with Crippen molar-refractivity contribution in [2.24, 2.45) is 10.7 Å². The second-order valence-electron chi connectivity index (χ2n) is 4.25. The maximum Gasteiger partial charge on any atom is 0.189 e. The summed E-state index contributed by atoms with van der Waals surface area (Å²) in [6.45, 7) is 6.81. The number of halogens is 1. The van der Waals surface area contributed by atoms with Crippen LogP contribution in [0.4, 0.5) is 0 Å². The normalized spacial score (nSPS) is 12.7. The van der Waals surface area contributed by atoms with Gasteiger partial charge in [0, 0.05) is 18.8 Å². The largest absolute Gasteiger partial charge is 0.383 e. The average molecular weight is 379 g/mol. The summed E-state index contributed by atoms with van der Waals surface area (Å²) < 4.78 is 5.01. The molecule has 7 heteroatoms. The molecule has 6 nitrogen and oxygen atoms in total. The number of aryl methyl sites for hydroxylation is 2. The summed E-state index contributed by atoms with van der Waals surface area (Å²) in [7, 11) is 1.65. The van der Waals surface area contributed by atoms with Crippen molar-refractivity contribution in [1.82, 2.24) is 15.3 Å². The van der Waals surface area contributed by atoms with Crippen LogP contribution in [0.2, 0.25) is 0 Å². The number of ether oxygens (including phenoxy) is 1. The van der Waals surface area contributed by atoms with Gasteiger partial charge in [-0.2, -0.15) is 0 Å². The highest BCUT2D eigenvalue weighted by molar-refractivity contribution is 14.0. The summed E-state index contributed by atoms with van der Waals surface area (Å²) in [5, 5.41) is 3.04. The Kier molecular flexibility index (Phi) is 8.57. The lowest BCUT2D eigenvalue weighted by Crippen LogP contribution is -2.40. The number of aromatic nitrogens is 2. The molecule has 0 fully saturated rings. The van der Waals surface area contributed by atoms with Gasteiger partial charge in [-0.3, -0.25) is 0 Å². The quantitative estimate of drug-likeness (QED) is 0.456. The molecule has 1 rings (SSSR count). The van der Waals surface area contributed by atoms with E-state index in [9.17, 15) is 0 Å². The van der Waals surface area contributed by atoms with Crippen molar-refractivity contribution in [3.8, 4) is 0 Å². The Bertz CT molecular complexity index is 404. The Balaban J connectivity index is 0.00000324. The van der Waals surface area contributed by atoms with Gasteiger partial charge in [0.15, 0.2) is 5.96 Å². The smallest absolute Gasteiger partial charge is 0.189 e. The number of nitrogens with zero attached hydrogens (tertiary/aromatic N) is 3. The molecule has 0 aliphatic rings. The number of hydrogen-bond acceptors (Lipinski definition) is 4. The molecule has 1 heterocycles. The SMILES string of the molecule is COCC(C)NC(N)=NCc1cc(C)nc(C)n1.I. The summed E-state index contributed by atoms with van der Waals surface area (Å²) in [5.41, 5.74) is 7.57. The maximum absolute atomic E-state index is 5.77. The van der Waals surface area contributed by atoms with Gasteiger partial charge in [0.1, 0.15) is 5.82 Å². The van der Waals surface area contributed by atoms with E-state index in [0.29, 0.717) is 19.1 Å². The second-order valence-corrected chi connectivity index (χ2v) is 4.25. The molecule has 108 valence electrons. The standard InChI is InChI=1S/C12H21N5O.HI/c1-8-5-11(17-10(3)15-8)6-14-12(13)16-9(2)7-18-4;/h5,9H,6-7H2,1-4H3,(H3,13,14,16);1H. The van der Waals surface area contributed by atoms with E-state index in [4.69, 9.17) is 10.5 Å². The first-order chi connectivity index (χ1) is 8.51. The fraction of sp³-hybridized carbons (Fsp3) is 0.583. The lowest BCUT2D eigenvalue weighted by atomic mass is 10.3. The highest BCUT2D eigenvalue weighted by Gasteiger charge is 2.02. The minimum Gasteiger partial charge on any atom is -0.383 e. The van der Waals surface area contributed by atoms with Gasteiger partial charge in [-0.25, -0.2) is 15.0 Å². The predicted octanol–water partition coefficient (Wildman–Crippen LogP) is 1.15. The summed E-state index contributed by atoms with van der Waals surface area (Å²) in [6.07, 6.45) is 0. The maximum atomic E-state index is 5.77. The van der Waals surface area contributed by atoms with Crippen molar-refractivity contribution in [1.29, 1.82) is 0 Å². The molecule has 0 saturated carbocycles. The van der Waals surface area contributed by atoms with Gasteiger partial charge in [-0.15, -0.1) is 24.0 Å². The van der Waals surface area contributed by atoms with Crippen molar-refractivity contribution in [3.05, 3.63) is 23.3 Å². The van der Waals surface area contributed by atoms with E-state index in [1.165, 1.54) is 0 Å². The lowest BCUT2D eigenvalue weighted by molar-refractivity contribution is 0.179. The number of nitrogens with two attached hydrogens (primary N) is 1. The Hall–Kier alpha value is -0.960. The summed E-state index contributed by atoms with van der Waals surface area (Å²) in [5.74, 6) is 1.15. The Morgan fingerprint density at radius 1 is 1.47 bits per heavy atom. The van der Waals surface area contributed by atoms with E-state index in [1.807, 2.05) is 26.8 Å². The van der Waals surface area contributed by atoms with Gasteiger partial charge >= 0.3 is 0 Å². The molecular formula is C12H22IN5O. The number of guanidine groups is 1. The van der Waals surface area contributed by atoms with Crippen LogP contribution in [0.3, 0.4) is 0 Å². The average Bonchev–Trinajstić information content (AvgIpc) is 2.25. The van der Waals surface area contributed by atoms with Crippen molar-refractivity contribution in [2.45, 2.75) is 33.4 Å². The molecule has 0 radical (unpaired) electrons. The van der Waals surface area contributed by atoms with E-state index < -0.39 is 0 Å². The molecule has 1 unspecified atom stereocenters. The third-order valence-corrected chi connectivity index (χ3v) is 2.24. The van der Waals surface area contributed by atoms with Crippen molar-refractivity contribution >= 4 is 29.9 Å². The van der Waals surface area contributed by atoms with Gasteiger partial charge in [0.05, 0.1) is 18.8 Å². The van der Waals surface area contributed by atoms with Crippen LogP contribution in [0.15, 0.2) is 11.1 Å². The van der Waals surface area contributed by atoms with Crippen molar-refractivity contribution in [2.75, 3.05) is 13.7 Å². The molecule has 0 spiro atoms. The Morgan fingerprint density at radius 3 is 2.74 bits per heavy atom. The van der Waals surface area contributed by atoms with Crippen LogP contribution in [-0.2, 0) is 11.3 Å². The number of methoxy groups -OCH3 is 1. The van der Waals surface area contributed by atoms with Crippen LogP contribution < -0.4 is 11.1 Å². The zero-order valence-corrected chi connectivity index (χ0v) is 14.1. The fourth-order valence-electron chi connectivity index (χ4n) is 1.63. The molecule has 0 aromatic carbocycles. The first-order valence-electron chi connectivity index (χ1n) is 5.88. The lowest BCUT2D eigenvalue weighted by Gasteiger charge is -2.13. The molecule has 0 aliphatic heterocycles. The molecule has 0 amide bonds. The molecule has 0 bridgehead atoms. The first-order valence-corrected chi connectivity index (χ1v) is 5.88. The molecular weight excluding hydrogens is 357 g/mol. The summed E-state index contributed by atoms with van der Waals surface area (Å²) in [4.78, 5) is 12.7.